The average Bonchev–Trinajstić information content (AvgIpc) is 2.84. The lowest BCUT2D eigenvalue weighted by Crippen LogP contribution is -2.37. The Morgan fingerprint density at radius 3 is 1.57 bits per heavy atom. The Kier molecular flexibility index (Phi) is 10.0. The predicted molar refractivity (Wildman–Crippen MR) is 146 cm³/mol. The number of likely N-dealkylation sites (tertiary alicyclic amines) is 2. The topological polar surface area (TPSA) is 24.9 Å². The van der Waals surface area contributed by atoms with Crippen LogP contribution in [0.2, 0.25) is 10.0 Å². The van der Waals surface area contributed by atoms with Crippen LogP contribution in [0.1, 0.15) is 62.5 Å². The number of hydrogen-bond acceptors (Lipinski definition) is 4. The van der Waals surface area contributed by atoms with Crippen molar-refractivity contribution in [3.63, 3.8) is 0 Å². The third-order valence-corrected chi connectivity index (χ3v) is 8.25. The summed E-state index contributed by atoms with van der Waals surface area (Å²) in [4.78, 5) is 4.91. The zero-order valence-corrected chi connectivity index (χ0v) is 22.8. The van der Waals surface area contributed by atoms with Gasteiger partial charge in [0.1, 0.15) is 11.5 Å². The highest BCUT2D eigenvalue weighted by Crippen LogP contribution is 2.30. The van der Waals surface area contributed by atoms with E-state index in [1.807, 2.05) is 24.3 Å². The van der Waals surface area contributed by atoms with Crippen LogP contribution in [0.4, 0.5) is 0 Å². The zero-order chi connectivity index (χ0) is 24.6. The van der Waals surface area contributed by atoms with E-state index in [1.54, 1.807) is 0 Å². The van der Waals surface area contributed by atoms with Gasteiger partial charge in [-0.05, 0) is 108 Å². The van der Waals surface area contributed by atoms with E-state index in [2.05, 4.69) is 36.0 Å². The molecule has 0 spiro atoms. The fourth-order valence-electron chi connectivity index (χ4n) is 5.41. The minimum Gasteiger partial charge on any atom is -0.492 e. The maximum Gasteiger partial charge on any atom is 0.137 e. The first-order valence-electron chi connectivity index (χ1n) is 13.2. The molecular weight excluding hydrogens is 479 g/mol. The van der Waals surface area contributed by atoms with E-state index in [0.29, 0.717) is 35.3 Å². The minimum atomic E-state index is 0.618. The van der Waals surface area contributed by atoms with Crippen molar-refractivity contribution >= 4 is 23.2 Å². The second kappa shape index (κ2) is 13.2. The highest BCUT2D eigenvalue weighted by atomic mass is 35.5. The lowest BCUT2D eigenvalue weighted by atomic mass is 10.0. The van der Waals surface area contributed by atoms with Crippen LogP contribution in [0, 0.1) is 0 Å². The van der Waals surface area contributed by atoms with Crippen molar-refractivity contribution < 1.29 is 9.47 Å². The monoisotopic (exact) mass is 518 g/mol. The molecule has 0 radical (unpaired) electrons. The molecule has 2 saturated heterocycles. The molecule has 2 aliphatic heterocycles. The Morgan fingerprint density at radius 1 is 0.714 bits per heavy atom. The second-order valence-corrected chi connectivity index (χ2v) is 11.1. The van der Waals surface area contributed by atoms with Gasteiger partial charge in [-0.1, -0.05) is 48.2 Å². The van der Waals surface area contributed by atoms with Gasteiger partial charge in [0.2, 0.25) is 0 Å². The Labute approximate surface area is 221 Å². The van der Waals surface area contributed by atoms with Gasteiger partial charge >= 0.3 is 0 Å². The summed E-state index contributed by atoms with van der Waals surface area (Å²) >= 11 is 13.1. The van der Waals surface area contributed by atoms with Crippen LogP contribution in [-0.2, 0) is 6.42 Å². The van der Waals surface area contributed by atoms with Gasteiger partial charge in [0.05, 0.1) is 23.3 Å². The highest BCUT2D eigenvalue weighted by molar-refractivity contribution is 6.32. The molecule has 2 aliphatic rings. The number of halogens is 2. The van der Waals surface area contributed by atoms with Gasteiger partial charge in [0, 0.05) is 12.1 Å². The molecule has 0 saturated carbocycles. The lowest BCUT2D eigenvalue weighted by Gasteiger charge is -2.32. The normalized spacial score (nSPS) is 21.7. The van der Waals surface area contributed by atoms with Crippen LogP contribution in [0.25, 0.3) is 0 Å². The zero-order valence-electron chi connectivity index (χ0n) is 21.3. The summed E-state index contributed by atoms with van der Waals surface area (Å²) in [5.74, 6) is 1.53. The number of ether oxygens (including phenoxy) is 2. The molecule has 0 N–H and O–H groups in total. The number of benzene rings is 2. The van der Waals surface area contributed by atoms with Gasteiger partial charge in [0.15, 0.2) is 0 Å². The van der Waals surface area contributed by atoms with Crippen LogP contribution < -0.4 is 9.47 Å². The summed E-state index contributed by atoms with van der Waals surface area (Å²) < 4.78 is 12.0. The van der Waals surface area contributed by atoms with E-state index >= 15 is 0 Å². The highest BCUT2D eigenvalue weighted by Gasteiger charge is 2.20. The molecule has 0 bridgehead atoms. The molecule has 35 heavy (non-hydrogen) atoms. The van der Waals surface area contributed by atoms with E-state index in [1.165, 1.54) is 51.6 Å². The number of nitrogens with zero attached hydrogens (tertiary/aromatic N) is 2. The fraction of sp³-hybridized carbons (Fsp3) is 0.586. The summed E-state index contributed by atoms with van der Waals surface area (Å²) in [7, 11) is 4.43. The second-order valence-electron chi connectivity index (χ2n) is 10.2. The molecule has 6 heteroatoms. The maximum absolute atomic E-state index is 6.55. The van der Waals surface area contributed by atoms with E-state index in [9.17, 15) is 0 Å². The molecule has 2 atom stereocenters. The molecule has 0 amide bonds. The standard InChI is InChI=1S/C29H40Cl2N2O2/c1-32-15-5-3-7-24(32)13-17-34-28-11-9-22(20-26(28)30)19-23-10-12-29(27(31)21-23)35-18-14-25-8-4-6-16-33(25)2/h9-12,20-21,24-25H,3-8,13-19H2,1-2H3. The molecule has 4 nitrogen and oxygen atoms in total. The summed E-state index contributed by atoms with van der Waals surface area (Å²) in [5, 5.41) is 1.33. The Bertz CT molecular complexity index is 879. The molecule has 2 aromatic carbocycles. The van der Waals surface area contributed by atoms with Gasteiger partial charge in [-0.15, -0.1) is 0 Å². The average molecular weight is 520 g/mol. The smallest absolute Gasteiger partial charge is 0.137 e. The molecule has 2 heterocycles. The van der Waals surface area contributed by atoms with Gasteiger partial charge in [-0.3, -0.25) is 0 Å². The minimum absolute atomic E-state index is 0.618. The first-order valence-corrected chi connectivity index (χ1v) is 14.0. The van der Waals surface area contributed by atoms with Gasteiger partial charge in [0.25, 0.3) is 0 Å². The van der Waals surface area contributed by atoms with Crippen LogP contribution in [0.3, 0.4) is 0 Å². The van der Waals surface area contributed by atoms with E-state index in [4.69, 9.17) is 32.7 Å². The van der Waals surface area contributed by atoms with E-state index in [0.717, 1.165) is 41.9 Å². The number of rotatable bonds is 10. The maximum atomic E-state index is 6.55. The van der Waals surface area contributed by atoms with Gasteiger partial charge in [-0.25, -0.2) is 0 Å². The van der Waals surface area contributed by atoms with Crippen LogP contribution >= 0.6 is 23.2 Å². The third kappa shape index (κ3) is 7.76. The van der Waals surface area contributed by atoms with E-state index < -0.39 is 0 Å². The van der Waals surface area contributed by atoms with Gasteiger partial charge < -0.3 is 19.3 Å². The Balaban J connectivity index is 1.25. The van der Waals surface area contributed by atoms with Crippen LogP contribution in [0.5, 0.6) is 11.5 Å². The molecule has 192 valence electrons. The van der Waals surface area contributed by atoms with E-state index in [-0.39, 0.29) is 0 Å². The van der Waals surface area contributed by atoms with Crippen molar-refractivity contribution in [2.45, 2.75) is 69.9 Å². The van der Waals surface area contributed by atoms with Gasteiger partial charge in [-0.2, -0.15) is 0 Å². The predicted octanol–water partition coefficient (Wildman–Crippen LogP) is 7.09. The molecule has 2 aromatic rings. The Hall–Kier alpha value is -1.46. The summed E-state index contributed by atoms with van der Waals surface area (Å²) in [5.41, 5.74) is 2.28. The van der Waals surface area contributed by atoms with Crippen molar-refractivity contribution in [3.05, 3.63) is 57.6 Å². The van der Waals surface area contributed by atoms with Crippen LogP contribution in [0.15, 0.2) is 36.4 Å². The third-order valence-electron chi connectivity index (χ3n) is 7.66. The van der Waals surface area contributed by atoms with Crippen LogP contribution in [-0.4, -0.2) is 62.3 Å². The quantitative estimate of drug-likeness (QED) is 0.335. The van der Waals surface area contributed by atoms with Crippen molar-refractivity contribution in [1.82, 2.24) is 9.80 Å². The lowest BCUT2D eigenvalue weighted by molar-refractivity contribution is 0.153. The van der Waals surface area contributed by atoms with Crippen molar-refractivity contribution in [2.24, 2.45) is 0 Å². The summed E-state index contributed by atoms with van der Waals surface area (Å²) in [6, 6.07) is 13.4. The molecule has 2 fully saturated rings. The first-order chi connectivity index (χ1) is 17.0. The number of piperidine rings is 2. The SMILES string of the molecule is CN1CCCCC1CCOc1ccc(Cc2ccc(OCCC3CCCCN3C)c(Cl)c2)cc1Cl. The van der Waals surface area contributed by atoms with Crippen molar-refractivity contribution in [3.8, 4) is 11.5 Å². The molecule has 2 unspecified atom stereocenters. The molecule has 0 aromatic heterocycles. The molecular formula is C29H40Cl2N2O2. The van der Waals surface area contributed by atoms with Crippen molar-refractivity contribution in [1.29, 1.82) is 0 Å². The van der Waals surface area contributed by atoms with Crippen molar-refractivity contribution in [2.75, 3.05) is 40.4 Å². The summed E-state index contributed by atoms with van der Waals surface area (Å²) in [6.07, 6.45) is 10.6. The molecule has 4 rings (SSSR count). The summed E-state index contributed by atoms with van der Waals surface area (Å²) in [6.45, 7) is 3.77. The Morgan fingerprint density at radius 2 is 1.17 bits per heavy atom. The first kappa shape index (κ1) is 26.6. The number of hydrogen-bond donors (Lipinski definition) is 0. The molecule has 0 aliphatic carbocycles. The fourth-order valence-corrected chi connectivity index (χ4v) is 5.92. The largest absolute Gasteiger partial charge is 0.492 e.